The number of hydrogen-bond donors (Lipinski definition) is 0. The molecule has 0 aliphatic carbocycles. The molecule has 15 heavy (non-hydrogen) atoms. The number of hydrogen-bond acceptors (Lipinski definition) is 4. The van der Waals surface area contributed by atoms with E-state index in [2.05, 4.69) is 9.97 Å². The lowest BCUT2D eigenvalue weighted by Crippen LogP contribution is -2.08. The maximum atomic E-state index is 5.65. The first kappa shape index (κ1) is 11.2. The van der Waals surface area contributed by atoms with Crippen LogP contribution in [0.25, 0.3) is 0 Å². The SMILES string of the molecule is Clc1cnc(CSCC2CCCO2)cn1. The average molecular weight is 245 g/mol. The lowest BCUT2D eigenvalue weighted by molar-refractivity contribution is 0.129. The van der Waals surface area contributed by atoms with Crippen molar-refractivity contribution in [3.8, 4) is 0 Å². The van der Waals surface area contributed by atoms with Gasteiger partial charge in [-0.25, -0.2) is 4.98 Å². The highest BCUT2D eigenvalue weighted by Gasteiger charge is 2.14. The largest absolute Gasteiger partial charge is 0.377 e. The molecule has 1 aromatic rings. The molecule has 2 rings (SSSR count). The van der Waals surface area contributed by atoms with Crippen molar-refractivity contribution in [2.24, 2.45) is 0 Å². The smallest absolute Gasteiger partial charge is 0.147 e. The van der Waals surface area contributed by atoms with Crippen molar-refractivity contribution in [3.05, 3.63) is 23.2 Å². The van der Waals surface area contributed by atoms with E-state index in [0.29, 0.717) is 11.3 Å². The summed E-state index contributed by atoms with van der Waals surface area (Å²) < 4.78 is 5.53. The molecule has 82 valence electrons. The molecular formula is C10H13ClN2OS. The average Bonchev–Trinajstić information content (AvgIpc) is 2.74. The molecule has 0 aromatic carbocycles. The van der Waals surface area contributed by atoms with Gasteiger partial charge in [-0.3, -0.25) is 4.98 Å². The molecule has 0 radical (unpaired) electrons. The summed E-state index contributed by atoms with van der Waals surface area (Å²) in [5, 5.41) is 0.447. The van der Waals surface area contributed by atoms with Crippen LogP contribution in [0.4, 0.5) is 0 Å². The second-order valence-corrected chi connectivity index (χ2v) is 4.90. The zero-order valence-electron chi connectivity index (χ0n) is 8.36. The number of nitrogens with zero attached hydrogens (tertiary/aromatic N) is 2. The van der Waals surface area contributed by atoms with Gasteiger partial charge in [0.25, 0.3) is 0 Å². The monoisotopic (exact) mass is 244 g/mol. The van der Waals surface area contributed by atoms with E-state index in [1.165, 1.54) is 12.8 Å². The molecule has 2 heterocycles. The molecule has 5 heteroatoms. The van der Waals surface area contributed by atoms with Crippen LogP contribution in [0.15, 0.2) is 12.4 Å². The molecule has 0 N–H and O–H groups in total. The summed E-state index contributed by atoms with van der Waals surface area (Å²) in [6, 6.07) is 0. The Labute approximate surface area is 98.6 Å². The summed E-state index contributed by atoms with van der Waals surface area (Å²) in [7, 11) is 0. The quantitative estimate of drug-likeness (QED) is 0.816. The van der Waals surface area contributed by atoms with E-state index < -0.39 is 0 Å². The van der Waals surface area contributed by atoms with Crippen LogP contribution in [0.1, 0.15) is 18.5 Å². The summed E-state index contributed by atoms with van der Waals surface area (Å²) in [5.74, 6) is 1.92. The van der Waals surface area contributed by atoms with E-state index in [-0.39, 0.29) is 0 Å². The van der Waals surface area contributed by atoms with Gasteiger partial charge in [-0.2, -0.15) is 11.8 Å². The molecule has 0 saturated carbocycles. The fourth-order valence-electron chi connectivity index (χ4n) is 1.48. The molecule has 1 aliphatic heterocycles. The third kappa shape index (κ3) is 3.63. The first-order chi connectivity index (χ1) is 7.34. The second kappa shape index (κ2) is 5.68. The topological polar surface area (TPSA) is 35.0 Å². The Balaban J connectivity index is 1.71. The molecule has 0 amide bonds. The van der Waals surface area contributed by atoms with Crippen LogP contribution in [0.2, 0.25) is 5.15 Å². The molecule has 1 aromatic heterocycles. The van der Waals surface area contributed by atoms with Crippen molar-refractivity contribution >= 4 is 23.4 Å². The highest BCUT2D eigenvalue weighted by Crippen LogP contribution is 2.19. The summed E-state index contributed by atoms with van der Waals surface area (Å²) in [5.41, 5.74) is 0.974. The van der Waals surface area contributed by atoms with Crippen molar-refractivity contribution in [2.45, 2.75) is 24.7 Å². The Morgan fingerprint density at radius 3 is 3.07 bits per heavy atom. The van der Waals surface area contributed by atoms with Gasteiger partial charge in [-0.1, -0.05) is 11.6 Å². The van der Waals surface area contributed by atoms with Gasteiger partial charge in [0.15, 0.2) is 0 Å². The first-order valence-corrected chi connectivity index (χ1v) is 6.53. The van der Waals surface area contributed by atoms with Crippen LogP contribution in [0.5, 0.6) is 0 Å². The van der Waals surface area contributed by atoms with Gasteiger partial charge in [0, 0.05) is 18.1 Å². The number of rotatable bonds is 4. The molecule has 0 bridgehead atoms. The summed E-state index contributed by atoms with van der Waals surface area (Å²) in [6.07, 6.45) is 6.15. The first-order valence-electron chi connectivity index (χ1n) is 5.00. The van der Waals surface area contributed by atoms with Gasteiger partial charge in [0.2, 0.25) is 0 Å². The van der Waals surface area contributed by atoms with Gasteiger partial charge < -0.3 is 4.74 Å². The predicted molar refractivity (Wildman–Crippen MR) is 62.2 cm³/mol. The minimum atomic E-state index is 0.440. The molecule has 0 spiro atoms. The minimum Gasteiger partial charge on any atom is -0.377 e. The third-order valence-corrected chi connectivity index (χ3v) is 3.55. The molecule has 1 fully saturated rings. The molecule has 1 aliphatic rings. The highest BCUT2D eigenvalue weighted by atomic mass is 35.5. The van der Waals surface area contributed by atoms with Gasteiger partial charge in [-0.05, 0) is 12.8 Å². The fourth-order valence-corrected chi connectivity index (χ4v) is 2.58. The van der Waals surface area contributed by atoms with Gasteiger partial charge in [0.1, 0.15) is 5.15 Å². The molecule has 1 unspecified atom stereocenters. The lowest BCUT2D eigenvalue weighted by Gasteiger charge is -2.07. The number of ether oxygens (including phenoxy) is 1. The Hall–Kier alpha value is -0.320. The fraction of sp³-hybridized carbons (Fsp3) is 0.600. The lowest BCUT2D eigenvalue weighted by atomic mass is 10.3. The van der Waals surface area contributed by atoms with E-state index in [4.69, 9.17) is 16.3 Å². The maximum Gasteiger partial charge on any atom is 0.147 e. The standard InChI is InChI=1S/C10H13ClN2OS/c11-10-5-12-8(4-13-10)6-15-7-9-2-1-3-14-9/h4-5,9H,1-3,6-7H2. The van der Waals surface area contributed by atoms with Crippen molar-refractivity contribution < 1.29 is 4.74 Å². The number of aromatic nitrogens is 2. The molecule has 1 atom stereocenters. The third-order valence-electron chi connectivity index (χ3n) is 2.25. The number of thioether (sulfide) groups is 1. The van der Waals surface area contributed by atoms with Crippen LogP contribution in [0, 0.1) is 0 Å². The summed E-state index contributed by atoms with van der Waals surface area (Å²) in [4.78, 5) is 8.17. The van der Waals surface area contributed by atoms with E-state index >= 15 is 0 Å². The van der Waals surface area contributed by atoms with Gasteiger partial charge >= 0.3 is 0 Å². The van der Waals surface area contributed by atoms with Crippen LogP contribution in [0.3, 0.4) is 0 Å². The van der Waals surface area contributed by atoms with Crippen LogP contribution >= 0.6 is 23.4 Å². The van der Waals surface area contributed by atoms with Crippen molar-refractivity contribution in [3.63, 3.8) is 0 Å². The van der Waals surface area contributed by atoms with Crippen molar-refractivity contribution in [1.82, 2.24) is 9.97 Å². The summed E-state index contributed by atoms with van der Waals surface area (Å²) >= 11 is 7.49. The van der Waals surface area contributed by atoms with Crippen molar-refractivity contribution in [2.75, 3.05) is 12.4 Å². The zero-order valence-corrected chi connectivity index (χ0v) is 9.93. The van der Waals surface area contributed by atoms with Gasteiger partial charge in [0.05, 0.1) is 24.2 Å². The van der Waals surface area contributed by atoms with E-state index in [9.17, 15) is 0 Å². The van der Waals surface area contributed by atoms with E-state index in [1.54, 1.807) is 12.4 Å². The normalized spacial score (nSPS) is 20.7. The predicted octanol–water partition coefficient (Wildman–Crippen LogP) is 2.54. The van der Waals surface area contributed by atoms with Crippen molar-refractivity contribution in [1.29, 1.82) is 0 Å². The Kier molecular flexibility index (Phi) is 4.23. The minimum absolute atomic E-state index is 0.440. The Morgan fingerprint density at radius 1 is 1.47 bits per heavy atom. The Morgan fingerprint density at radius 2 is 2.40 bits per heavy atom. The second-order valence-electron chi connectivity index (χ2n) is 3.48. The van der Waals surface area contributed by atoms with Crippen LogP contribution in [-0.2, 0) is 10.5 Å². The molecule has 3 nitrogen and oxygen atoms in total. The van der Waals surface area contributed by atoms with E-state index in [1.807, 2.05) is 11.8 Å². The molecular weight excluding hydrogens is 232 g/mol. The van der Waals surface area contributed by atoms with Gasteiger partial charge in [-0.15, -0.1) is 0 Å². The zero-order chi connectivity index (χ0) is 10.5. The number of halogens is 1. The summed E-state index contributed by atoms with van der Waals surface area (Å²) in [6.45, 7) is 0.923. The molecule has 1 saturated heterocycles. The Bertz CT molecular complexity index is 301. The maximum absolute atomic E-state index is 5.65. The van der Waals surface area contributed by atoms with Crippen LogP contribution < -0.4 is 0 Å². The van der Waals surface area contributed by atoms with Crippen LogP contribution in [-0.4, -0.2) is 28.4 Å². The van der Waals surface area contributed by atoms with E-state index in [0.717, 1.165) is 23.8 Å². The highest BCUT2D eigenvalue weighted by molar-refractivity contribution is 7.98.